The van der Waals surface area contributed by atoms with E-state index in [9.17, 15) is 4.79 Å². The van der Waals surface area contributed by atoms with Crippen molar-refractivity contribution in [2.75, 3.05) is 19.0 Å². The summed E-state index contributed by atoms with van der Waals surface area (Å²) in [5, 5.41) is 10.3. The molecule has 6 nitrogen and oxygen atoms in total. The van der Waals surface area contributed by atoms with Crippen LogP contribution in [0.5, 0.6) is 0 Å². The van der Waals surface area contributed by atoms with E-state index in [2.05, 4.69) is 22.7 Å². The number of anilines is 1. The van der Waals surface area contributed by atoms with Gasteiger partial charge in [0.2, 0.25) is 0 Å². The van der Waals surface area contributed by atoms with Crippen molar-refractivity contribution in [2.24, 2.45) is 0 Å². The Morgan fingerprint density at radius 1 is 1.33 bits per heavy atom. The third-order valence-electron chi connectivity index (χ3n) is 4.06. The highest BCUT2D eigenvalue weighted by Gasteiger charge is 2.12. The molecule has 1 aromatic heterocycles. The Morgan fingerprint density at radius 2 is 2.12 bits per heavy atom. The molecule has 24 heavy (non-hydrogen) atoms. The van der Waals surface area contributed by atoms with Gasteiger partial charge in [-0.2, -0.15) is 5.10 Å². The number of nitrogens with one attached hydrogen (secondary N) is 2. The maximum absolute atomic E-state index is 12.1. The van der Waals surface area contributed by atoms with E-state index in [0.717, 1.165) is 29.1 Å². The van der Waals surface area contributed by atoms with Crippen molar-refractivity contribution in [1.29, 1.82) is 0 Å². The van der Waals surface area contributed by atoms with Crippen LogP contribution in [0.25, 0.3) is 0 Å². The molecule has 0 aliphatic rings. The number of methoxy groups -OCH3 is 1. The summed E-state index contributed by atoms with van der Waals surface area (Å²) in [7, 11) is 1.67. The van der Waals surface area contributed by atoms with Gasteiger partial charge in [0.15, 0.2) is 0 Å². The second-order valence-electron chi connectivity index (χ2n) is 5.73. The first-order valence-corrected chi connectivity index (χ1v) is 8.20. The lowest BCUT2D eigenvalue weighted by atomic mass is 10.1. The fraction of sp³-hybridized carbons (Fsp3) is 0.444. The molecule has 0 radical (unpaired) electrons. The van der Waals surface area contributed by atoms with Gasteiger partial charge in [-0.15, -0.1) is 0 Å². The topological polar surface area (TPSA) is 68.2 Å². The highest BCUT2D eigenvalue weighted by molar-refractivity contribution is 5.89. The lowest BCUT2D eigenvalue weighted by molar-refractivity contribution is 0.182. The number of hydrogen-bond donors (Lipinski definition) is 2. The predicted molar refractivity (Wildman–Crippen MR) is 95.3 cm³/mol. The van der Waals surface area contributed by atoms with Gasteiger partial charge in [-0.05, 0) is 38.0 Å². The van der Waals surface area contributed by atoms with Crippen molar-refractivity contribution >= 4 is 11.7 Å². The van der Waals surface area contributed by atoms with E-state index < -0.39 is 0 Å². The number of urea groups is 1. The first kappa shape index (κ1) is 18.0. The van der Waals surface area contributed by atoms with Gasteiger partial charge in [-0.3, -0.25) is 4.68 Å². The minimum atomic E-state index is -0.216. The molecule has 6 heteroatoms. The van der Waals surface area contributed by atoms with Crippen molar-refractivity contribution in [3.63, 3.8) is 0 Å². The fourth-order valence-corrected chi connectivity index (χ4v) is 2.60. The zero-order valence-corrected chi connectivity index (χ0v) is 14.8. The molecule has 0 saturated heterocycles. The normalized spacial score (nSPS) is 10.7. The Balaban J connectivity index is 1.95. The average molecular weight is 330 g/mol. The molecule has 0 bridgehead atoms. The molecule has 2 rings (SSSR count). The first-order chi connectivity index (χ1) is 11.5. The van der Waals surface area contributed by atoms with Crippen molar-refractivity contribution in [2.45, 2.75) is 40.3 Å². The van der Waals surface area contributed by atoms with Crippen LogP contribution in [0.3, 0.4) is 0 Å². The number of carbonyl (C=O) groups excluding carboxylic acids is 1. The molecule has 0 spiro atoms. The maximum Gasteiger partial charge on any atom is 0.319 e. The number of ether oxygens (including phenoxy) is 1. The number of amides is 2. The second-order valence-corrected chi connectivity index (χ2v) is 5.73. The Morgan fingerprint density at radius 3 is 2.83 bits per heavy atom. The van der Waals surface area contributed by atoms with Crippen LogP contribution in [0.4, 0.5) is 10.5 Å². The molecule has 0 aliphatic heterocycles. The van der Waals surface area contributed by atoms with Crippen molar-refractivity contribution in [3.8, 4) is 0 Å². The van der Waals surface area contributed by atoms with Gasteiger partial charge in [0.1, 0.15) is 0 Å². The van der Waals surface area contributed by atoms with E-state index in [1.54, 1.807) is 7.11 Å². The summed E-state index contributed by atoms with van der Waals surface area (Å²) in [4.78, 5) is 12.1. The van der Waals surface area contributed by atoms with Crippen LogP contribution in [0.1, 0.15) is 29.4 Å². The number of benzene rings is 1. The highest BCUT2D eigenvalue weighted by atomic mass is 16.5. The lowest BCUT2D eigenvalue weighted by Gasteiger charge is -2.09. The van der Waals surface area contributed by atoms with Gasteiger partial charge in [-0.25, -0.2) is 4.79 Å². The Bertz CT molecular complexity index is 694. The Kier molecular flexibility index (Phi) is 6.37. The van der Waals surface area contributed by atoms with Crippen LogP contribution in [0.2, 0.25) is 0 Å². The molecule has 130 valence electrons. The number of rotatable bonds is 7. The minimum Gasteiger partial charge on any atom is -0.383 e. The summed E-state index contributed by atoms with van der Waals surface area (Å²) in [6.07, 6.45) is 0.941. The van der Waals surface area contributed by atoms with Crippen LogP contribution >= 0.6 is 0 Å². The van der Waals surface area contributed by atoms with Crippen LogP contribution in [0, 0.1) is 13.8 Å². The van der Waals surface area contributed by atoms with E-state index in [1.807, 2.05) is 42.8 Å². The molecule has 1 heterocycles. The smallest absolute Gasteiger partial charge is 0.319 e. The summed E-state index contributed by atoms with van der Waals surface area (Å²) in [6.45, 7) is 7.82. The molecular formula is C18H26N4O2. The lowest BCUT2D eigenvalue weighted by Crippen LogP contribution is -2.28. The molecule has 0 unspecified atom stereocenters. The van der Waals surface area contributed by atoms with E-state index >= 15 is 0 Å². The standard InChI is InChI=1S/C18H26N4O2/c1-5-15-7-6-8-16(11-15)20-18(23)19-12-17-13(2)21-22(14(17)3)9-10-24-4/h6-8,11H,5,9-10,12H2,1-4H3,(H2,19,20,23). The highest BCUT2D eigenvalue weighted by Crippen LogP contribution is 2.14. The van der Waals surface area contributed by atoms with E-state index in [0.29, 0.717) is 19.7 Å². The quantitative estimate of drug-likeness (QED) is 0.820. The zero-order valence-electron chi connectivity index (χ0n) is 14.8. The molecule has 0 atom stereocenters. The Labute approximate surface area is 143 Å². The van der Waals surface area contributed by atoms with E-state index in [4.69, 9.17) is 4.74 Å². The number of aromatic nitrogens is 2. The van der Waals surface area contributed by atoms with Crippen molar-refractivity contribution in [3.05, 3.63) is 46.8 Å². The number of hydrogen-bond acceptors (Lipinski definition) is 3. The summed E-state index contributed by atoms with van der Waals surface area (Å²) in [5.41, 5.74) is 5.02. The predicted octanol–water partition coefficient (Wildman–Crippen LogP) is 3.03. The third-order valence-corrected chi connectivity index (χ3v) is 4.06. The third kappa shape index (κ3) is 4.58. The van der Waals surface area contributed by atoms with Crippen LogP contribution in [-0.2, 0) is 24.2 Å². The summed E-state index contributed by atoms with van der Waals surface area (Å²) in [5.74, 6) is 0. The number of aryl methyl sites for hydroxylation is 2. The van der Waals surface area contributed by atoms with Crippen LogP contribution in [-0.4, -0.2) is 29.5 Å². The molecule has 2 N–H and O–H groups in total. The SMILES string of the molecule is CCc1cccc(NC(=O)NCc2c(C)nn(CCOC)c2C)c1. The van der Waals surface area contributed by atoms with Crippen LogP contribution in [0.15, 0.2) is 24.3 Å². The Hall–Kier alpha value is -2.34. The van der Waals surface area contributed by atoms with Gasteiger partial charge in [0.25, 0.3) is 0 Å². The number of carbonyl (C=O) groups is 1. The fourth-order valence-electron chi connectivity index (χ4n) is 2.60. The van der Waals surface area contributed by atoms with Gasteiger partial charge < -0.3 is 15.4 Å². The van der Waals surface area contributed by atoms with Crippen molar-refractivity contribution < 1.29 is 9.53 Å². The molecule has 0 saturated carbocycles. The van der Waals surface area contributed by atoms with Gasteiger partial charge in [0, 0.05) is 30.6 Å². The number of nitrogens with zero attached hydrogens (tertiary/aromatic N) is 2. The van der Waals surface area contributed by atoms with E-state index in [1.165, 1.54) is 5.56 Å². The largest absolute Gasteiger partial charge is 0.383 e. The first-order valence-electron chi connectivity index (χ1n) is 8.20. The zero-order chi connectivity index (χ0) is 17.5. The maximum atomic E-state index is 12.1. The van der Waals surface area contributed by atoms with Gasteiger partial charge >= 0.3 is 6.03 Å². The van der Waals surface area contributed by atoms with Crippen LogP contribution < -0.4 is 10.6 Å². The minimum absolute atomic E-state index is 0.216. The van der Waals surface area contributed by atoms with Gasteiger partial charge in [-0.1, -0.05) is 19.1 Å². The summed E-state index contributed by atoms with van der Waals surface area (Å²) in [6, 6.07) is 7.65. The molecule has 2 amide bonds. The summed E-state index contributed by atoms with van der Waals surface area (Å²) >= 11 is 0. The molecule has 2 aromatic rings. The van der Waals surface area contributed by atoms with Gasteiger partial charge in [0.05, 0.1) is 18.8 Å². The second kappa shape index (κ2) is 8.49. The average Bonchev–Trinajstić information content (AvgIpc) is 2.85. The van der Waals surface area contributed by atoms with E-state index in [-0.39, 0.29) is 6.03 Å². The molecular weight excluding hydrogens is 304 g/mol. The van der Waals surface area contributed by atoms with Crippen molar-refractivity contribution in [1.82, 2.24) is 15.1 Å². The monoisotopic (exact) mass is 330 g/mol. The molecule has 0 fully saturated rings. The molecule has 0 aliphatic carbocycles. The summed E-state index contributed by atoms with van der Waals surface area (Å²) < 4.78 is 7.01. The molecule has 1 aromatic carbocycles.